The van der Waals surface area contributed by atoms with E-state index in [2.05, 4.69) is 24.7 Å². The zero-order chi connectivity index (χ0) is 10.1. The second-order valence-corrected chi connectivity index (χ2v) is 2.45. The van der Waals surface area contributed by atoms with Gasteiger partial charge in [-0.1, -0.05) is 44.0 Å². The molecule has 13 heavy (non-hydrogen) atoms. The third-order valence-electron chi connectivity index (χ3n) is 1.32. The van der Waals surface area contributed by atoms with E-state index >= 15 is 0 Å². The first-order chi connectivity index (χ1) is 6.20. The van der Waals surface area contributed by atoms with Gasteiger partial charge in [0.05, 0.1) is 0 Å². The fraction of sp³-hybridized carbons (Fsp3) is 0.0833. The molecule has 0 saturated heterocycles. The Hall–Kier alpha value is -1.63. The van der Waals surface area contributed by atoms with E-state index in [1.54, 1.807) is 19.3 Å². The molecule has 0 aromatic carbocycles. The Balaban J connectivity index is 4.08. The molecule has 0 aliphatic rings. The molecule has 0 amide bonds. The Labute approximate surface area is 80.2 Å². The molecule has 0 aromatic rings. The molecule has 68 valence electrons. The van der Waals surface area contributed by atoms with Crippen molar-refractivity contribution in [2.24, 2.45) is 4.99 Å². The van der Waals surface area contributed by atoms with E-state index in [0.717, 1.165) is 11.1 Å². The van der Waals surface area contributed by atoms with E-state index in [1.165, 1.54) is 0 Å². The largest absolute Gasteiger partial charge is 0.297 e. The Morgan fingerprint density at radius 2 is 1.69 bits per heavy atom. The van der Waals surface area contributed by atoms with Crippen molar-refractivity contribution in [1.29, 1.82) is 0 Å². The van der Waals surface area contributed by atoms with Crippen LogP contribution >= 0.6 is 0 Å². The topological polar surface area (TPSA) is 12.4 Å². The molecule has 0 aliphatic carbocycles. The molecule has 0 N–H and O–H groups in total. The van der Waals surface area contributed by atoms with E-state index in [1.807, 2.05) is 24.3 Å². The van der Waals surface area contributed by atoms with Crippen molar-refractivity contribution in [3.8, 4) is 0 Å². The van der Waals surface area contributed by atoms with Gasteiger partial charge in [0.2, 0.25) is 0 Å². The number of allylic oxidation sites excluding steroid dienone is 7. The highest BCUT2D eigenvalue weighted by Crippen LogP contribution is 1.99. The molecule has 0 aromatic heterocycles. The molecule has 0 fully saturated rings. The van der Waals surface area contributed by atoms with Crippen LogP contribution in [0.5, 0.6) is 0 Å². The minimum atomic E-state index is 0.874. The lowest BCUT2D eigenvalue weighted by Crippen LogP contribution is -1.70. The first-order valence-electron chi connectivity index (χ1n) is 3.98. The Bertz CT molecular complexity index is 277. The lowest BCUT2D eigenvalue weighted by atomic mass is 10.2. The van der Waals surface area contributed by atoms with Crippen LogP contribution in [0.25, 0.3) is 0 Å². The summed E-state index contributed by atoms with van der Waals surface area (Å²) in [5, 5.41) is 0. The summed E-state index contributed by atoms with van der Waals surface area (Å²) in [7, 11) is 1.72. The summed E-state index contributed by atoms with van der Waals surface area (Å²) in [5.74, 6) is 0. The average Bonchev–Trinajstić information content (AvgIpc) is 2.14. The van der Waals surface area contributed by atoms with Gasteiger partial charge in [0.1, 0.15) is 0 Å². The summed E-state index contributed by atoms with van der Waals surface area (Å²) in [4.78, 5) is 3.81. The monoisotopic (exact) mass is 173 g/mol. The predicted octanol–water partition coefficient (Wildman–Crippen LogP) is 3.10. The van der Waals surface area contributed by atoms with Crippen molar-refractivity contribution in [3.05, 3.63) is 61.3 Å². The summed E-state index contributed by atoms with van der Waals surface area (Å²) in [5.41, 5.74) is 1.78. The molecule has 0 unspecified atom stereocenters. The number of rotatable bonds is 5. The highest BCUT2D eigenvalue weighted by atomic mass is 14.6. The lowest BCUT2D eigenvalue weighted by Gasteiger charge is -1.88. The van der Waals surface area contributed by atoms with Crippen molar-refractivity contribution in [2.75, 3.05) is 7.05 Å². The first kappa shape index (κ1) is 11.4. The lowest BCUT2D eigenvalue weighted by molar-refractivity contribution is 1.47. The maximum absolute atomic E-state index is 3.82. The van der Waals surface area contributed by atoms with Crippen molar-refractivity contribution in [3.63, 3.8) is 0 Å². The van der Waals surface area contributed by atoms with Crippen LogP contribution < -0.4 is 0 Å². The highest BCUT2D eigenvalue weighted by Gasteiger charge is 1.80. The molecule has 0 bridgehead atoms. The van der Waals surface area contributed by atoms with Gasteiger partial charge in [0.25, 0.3) is 0 Å². The number of nitrogens with zero attached hydrogens (tertiary/aromatic N) is 1. The molecule has 0 saturated carbocycles. The van der Waals surface area contributed by atoms with Crippen LogP contribution in [0.15, 0.2) is 66.3 Å². The van der Waals surface area contributed by atoms with Gasteiger partial charge in [-0.2, -0.15) is 0 Å². The van der Waals surface area contributed by atoms with Crippen LogP contribution in [0.3, 0.4) is 0 Å². The van der Waals surface area contributed by atoms with Crippen molar-refractivity contribution >= 4 is 6.21 Å². The molecule has 0 rings (SSSR count). The minimum Gasteiger partial charge on any atom is -0.297 e. The zero-order valence-corrected chi connectivity index (χ0v) is 8.03. The SMILES string of the molecule is C=CC(=C)/C=C\C(=C)/C=C\C=NC. The van der Waals surface area contributed by atoms with E-state index in [4.69, 9.17) is 0 Å². The molecule has 1 nitrogen and oxygen atoms in total. The molecular formula is C12H15N. The van der Waals surface area contributed by atoms with E-state index in [0.29, 0.717) is 0 Å². The number of aliphatic imine (C=N–C) groups is 1. The Kier molecular flexibility index (Phi) is 6.16. The fourth-order valence-corrected chi connectivity index (χ4v) is 0.590. The molecule has 1 heteroatoms. The van der Waals surface area contributed by atoms with Crippen LogP contribution in [0.2, 0.25) is 0 Å². The van der Waals surface area contributed by atoms with Gasteiger partial charge in [-0.3, -0.25) is 4.99 Å². The molecule has 0 heterocycles. The summed E-state index contributed by atoms with van der Waals surface area (Å²) in [6.45, 7) is 11.2. The summed E-state index contributed by atoms with van der Waals surface area (Å²) >= 11 is 0. The Morgan fingerprint density at radius 1 is 1.08 bits per heavy atom. The van der Waals surface area contributed by atoms with Gasteiger partial charge >= 0.3 is 0 Å². The summed E-state index contributed by atoms with van der Waals surface area (Å²) in [6, 6.07) is 0. The molecule has 0 spiro atoms. The predicted molar refractivity (Wildman–Crippen MR) is 61.2 cm³/mol. The van der Waals surface area contributed by atoms with Crippen molar-refractivity contribution in [2.45, 2.75) is 0 Å². The summed E-state index contributed by atoms with van der Waals surface area (Å²) < 4.78 is 0. The second kappa shape index (κ2) is 7.04. The first-order valence-corrected chi connectivity index (χ1v) is 3.98. The minimum absolute atomic E-state index is 0.874. The van der Waals surface area contributed by atoms with Gasteiger partial charge in [0, 0.05) is 13.3 Å². The highest BCUT2D eigenvalue weighted by molar-refractivity contribution is 5.71. The van der Waals surface area contributed by atoms with E-state index in [-0.39, 0.29) is 0 Å². The third-order valence-corrected chi connectivity index (χ3v) is 1.32. The Morgan fingerprint density at radius 3 is 2.23 bits per heavy atom. The molecule has 0 atom stereocenters. The molecule has 0 radical (unpaired) electrons. The fourth-order valence-electron chi connectivity index (χ4n) is 0.590. The van der Waals surface area contributed by atoms with Gasteiger partial charge < -0.3 is 0 Å². The van der Waals surface area contributed by atoms with Gasteiger partial charge in [-0.25, -0.2) is 0 Å². The average molecular weight is 173 g/mol. The van der Waals surface area contributed by atoms with Crippen LogP contribution in [-0.2, 0) is 0 Å². The molecule has 0 aliphatic heterocycles. The normalized spacial score (nSPS) is 11.5. The van der Waals surface area contributed by atoms with Crippen molar-refractivity contribution in [1.82, 2.24) is 0 Å². The van der Waals surface area contributed by atoms with E-state index < -0.39 is 0 Å². The van der Waals surface area contributed by atoms with Gasteiger partial charge in [0.15, 0.2) is 0 Å². The number of hydrogen-bond donors (Lipinski definition) is 0. The van der Waals surface area contributed by atoms with Gasteiger partial charge in [-0.05, 0) is 17.2 Å². The van der Waals surface area contributed by atoms with Crippen LogP contribution in [0, 0.1) is 0 Å². The van der Waals surface area contributed by atoms with Crippen LogP contribution in [-0.4, -0.2) is 13.3 Å². The van der Waals surface area contributed by atoms with Crippen LogP contribution in [0.4, 0.5) is 0 Å². The van der Waals surface area contributed by atoms with E-state index in [9.17, 15) is 0 Å². The van der Waals surface area contributed by atoms with Gasteiger partial charge in [-0.15, -0.1) is 0 Å². The summed E-state index contributed by atoms with van der Waals surface area (Å²) in [6.07, 6.45) is 10.9. The van der Waals surface area contributed by atoms with Crippen LogP contribution in [0.1, 0.15) is 0 Å². The third kappa shape index (κ3) is 6.76. The molecular weight excluding hydrogens is 158 g/mol. The number of hydrogen-bond acceptors (Lipinski definition) is 1. The maximum atomic E-state index is 3.82. The maximum Gasteiger partial charge on any atom is 0.0277 e. The second-order valence-electron chi connectivity index (χ2n) is 2.45. The quantitative estimate of drug-likeness (QED) is 0.447. The van der Waals surface area contributed by atoms with Crippen molar-refractivity contribution < 1.29 is 0 Å². The standard InChI is InChI=1S/C12H15N/c1-5-11(2)8-9-12(3)7-6-10-13-4/h5-10H,1-3H2,4H3/b7-6-,9-8-,13-10?. The zero-order valence-electron chi connectivity index (χ0n) is 8.03. The smallest absolute Gasteiger partial charge is 0.0277 e.